The average molecular weight is 278 g/mol. The van der Waals surface area contributed by atoms with Crippen molar-refractivity contribution < 1.29 is 9.50 Å². The molecule has 3 nitrogen and oxygen atoms in total. The lowest BCUT2D eigenvalue weighted by molar-refractivity contribution is 0.199. The molecule has 2 fully saturated rings. The number of hydrogen-bond donors (Lipinski definition) is 1. The Morgan fingerprint density at radius 3 is 2.80 bits per heavy atom. The van der Waals surface area contributed by atoms with E-state index in [2.05, 4.69) is 9.80 Å². The van der Waals surface area contributed by atoms with Crippen molar-refractivity contribution in [2.75, 3.05) is 31.1 Å². The smallest absolute Gasteiger partial charge is 0.146 e. The zero-order chi connectivity index (χ0) is 14.1. The highest BCUT2D eigenvalue weighted by Crippen LogP contribution is 2.28. The molecule has 110 valence electrons. The fraction of sp³-hybridized carbons (Fsp3) is 0.625. The Bertz CT molecular complexity index is 478. The zero-order valence-corrected chi connectivity index (χ0v) is 12.1. The van der Waals surface area contributed by atoms with Crippen molar-refractivity contribution in [2.24, 2.45) is 0 Å². The number of halogens is 1. The number of nitrogens with zero attached hydrogens (tertiary/aromatic N) is 2. The summed E-state index contributed by atoms with van der Waals surface area (Å²) >= 11 is 0. The number of rotatable bonds is 2. The van der Waals surface area contributed by atoms with E-state index in [1.807, 2.05) is 12.1 Å². The summed E-state index contributed by atoms with van der Waals surface area (Å²) in [4.78, 5) is 4.72. The standard InChI is InChI=1S/C16H23FN2O/c1-12(20)13-5-6-16(15(17)10-13)19-9-3-8-18-7-2-4-14(18)11-19/h5-6,10,12,14,20H,2-4,7-9,11H2,1H3/t12-,14?/m0/s1. The van der Waals surface area contributed by atoms with Crippen molar-refractivity contribution in [3.05, 3.63) is 29.6 Å². The third kappa shape index (κ3) is 2.67. The van der Waals surface area contributed by atoms with Gasteiger partial charge in [-0.3, -0.25) is 4.90 Å². The van der Waals surface area contributed by atoms with E-state index in [0.717, 1.165) is 26.1 Å². The fourth-order valence-electron chi connectivity index (χ4n) is 3.46. The maximum Gasteiger partial charge on any atom is 0.146 e. The van der Waals surface area contributed by atoms with E-state index in [0.29, 0.717) is 17.3 Å². The van der Waals surface area contributed by atoms with Crippen LogP contribution in [-0.2, 0) is 0 Å². The van der Waals surface area contributed by atoms with Crippen molar-refractivity contribution in [2.45, 2.75) is 38.3 Å². The molecule has 0 aromatic heterocycles. The Balaban J connectivity index is 1.81. The molecule has 2 saturated heterocycles. The van der Waals surface area contributed by atoms with Crippen LogP contribution in [-0.4, -0.2) is 42.2 Å². The summed E-state index contributed by atoms with van der Waals surface area (Å²) in [5.41, 5.74) is 1.33. The third-order valence-corrected chi connectivity index (χ3v) is 4.60. The first-order valence-electron chi connectivity index (χ1n) is 7.61. The van der Waals surface area contributed by atoms with Gasteiger partial charge in [0.1, 0.15) is 5.82 Å². The van der Waals surface area contributed by atoms with Gasteiger partial charge in [0.2, 0.25) is 0 Å². The van der Waals surface area contributed by atoms with E-state index in [9.17, 15) is 9.50 Å². The highest BCUT2D eigenvalue weighted by molar-refractivity contribution is 5.50. The average Bonchev–Trinajstić information content (AvgIpc) is 2.76. The van der Waals surface area contributed by atoms with Crippen LogP contribution < -0.4 is 4.90 Å². The molecule has 0 spiro atoms. The molecule has 0 aliphatic carbocycles. The first kappa shape index (κ1) is 13.8. The molecular formula is C16H23FN2O. The van der Waals surface area contributed by atoms with Gasteiger partial charge in [-0.1, -0.05) is 6.07 Å². The molecule has 1 unspecified atom stereocenters. The van der Waals surface area contributed by atoms with E-state index in [-0.39, 0.29) is 5.82 Å². The molecule has 0 radical (unpaired) electrons. The van der Waals surface area contributed by atoms with Gasteiger partial charge in [0.15, 0.2) is 0 Å². The highest BCUT2D eigenvalue weighted by Gasteiger charge is 2.29. The molecule has 2 atom stereocenters. The van der Waals surface area contributed by atoms with Crippen LogP contribution in [0.25, 0.3) is 0 Å². The van der Waals surface area contributed by atoms with E-state index in [1.54, 1.807) is 6.92 Å². The van der Waals surface area contributed by atoms with Gasteiger partial charge >= 0.3 is 0 Å². The quantitative estimate of drug-likeness (QED) is 0.900. The molecule has 2 aliphatic heterocycles. The van der Waals surface area contributed by atoms with Crippen LogP contribution in [0.15, 0.2) is 18.2 Å². The molecule has 2 aliphatic rings. The Hall–Kier alpha value is -1.13. The lowest BCUT2D eigenvalue weighted by Crippen LogP contribution is -2.36. The highest BCUT2D eigenvalue weighted by atomic mass is 19.1. The summed E-state index contributed by atoms with van der Waals surface area (Å²) in [6, 6.07) is 5.70. The number of anilines is 1. The maximum atomic E-state index is 14.3. The van der Waals surface area contributed by atoms with Crippen LogP contribution in [0.5, 0.6) is 0 Å². The van der Waals surface area contributed by atoms with E-state index < -0.39 is 6.10 Å². The minimum atomic E-state index is -0.618. The number of hydrogen-bond acceptors (Lipinski definition) is 3. The molecule has 0 saturated carbocycles. The predicted octanol–water partition coefficient (Wildman–Crippen LogP) is 2.55. The SMILES string of the molecule is C[C@H](O)c1ccc(N2CCCN3CCCC3C2)c(F)c1. The van der Waals surface area contributed by atoms with Crippen LogP contribution in [0.3, 0.4) is 0 Å². The number of benzene rings is 1. The lowest BCUT2D eigenvalue weighted by Gasteiger charge is -2.27. The second-order valence-corrected chi connectivity index (χ2v) is 6.02. The first-order valence-corrected chi connectivity index (χ1v) is 7.61. The minimum Gasteiger partial charge on any atom is -0.389 e. The number of aliphatic hydroxyl groups is 1. The molecular weight excluding hydrogens is 255 g/mol. The van der Waals surface area contributed by atoms with Gasteiger partial charge in [-0.15, -0.1) is 0 Å². The van der Waals surface area contributed by atoms with E-state index in [4.69, 9.17) is 0 Å². The number of fused-ring (bicyclic) bond motifs is 1. The van der Waals surface area contributed by atoms with Gasteiger partial charge in [-0.05, 0) is 50.4 Å². The Morgan fingerprint density at radius 2 is 2.05 bits per heavy atom. The predicted molar refractivity (Wildman–Crippen MR) is 78.5 cm³/mol. The summed E-state index contributed by atoms with van der Waals surface area (Å²) in [5, 5.41) is 9.53. The Kier molecular flexibility index (Phi) is 3.94. The molecule has 1 aromatic carbocycles. The summed E-state index contributed by atoms with van der Waals surface area (Å²) < 4.78 is 14.3. The van der Waals surface area contributed by atoms with Gasteiger partial charge < -0.3 is 10.0 Å². The molecule has 3 rings (SSSR count). The van der Waals surface area contributed by atoms with E-state index >= 15 is 0 Å². The summed E-state index contributed by atoms with van der Waals surface area (Å²) in [6.45, 7) is 5.83. The third-order valence-electron chi connectivity index (χ3n) is 4.60. The van der Waals surface area contributed by atoms with Crippen LogP contribution in [0.1, 0.15) is 37.9 Å². The largest absolute Gasteiger partial charge is 0.389 e. The van der Waals surface area contributed by atoms with Crippen LogP contribution in [0.4, 0.5) is 10.1 Å². The fourth-order valence-corrected chi connectivity index (χ4v) is 3.46. The maximum absolute atomic E-state index is 14.3. The zero-order valence-electron chi connectivity index (χ0n) is 12.1. The minimum absolute atomic E-state index is 0.213. The molecule has 0 bridgehead atoms. The summed E-state index contributed by atoms with van der Waals surface area (Å²) in [6.07, 6.45) is 2.97. The second kappa shape index (κ2) is 5.70. The molecule has 20 heavy (non-hydrogen) atoms. The van der Waals surface area contributed by atoms with Crippen molar-refractivity contribution >= 4 is 5.69 Å². The van der Waals surface area contributed by atoms with Gasteiger partial charge in [-0.25, -0.2) is 4.39 Å². The second-order valence-electron chi connectivity index (χ2n) is 6.02. The normalized spacial score (nSPS) is 25.4. The first-order chi connectivity index (χ1) is 9.65. The lowest BCUT2D eigenvalue weighted by atomic mass is 10.1. The van der Waals surface area contributed by atoms with Crippen molar-refractivity contribution in [3.8, 4) is 0 Å². The summed E-state index contributed by atoms with van der Waals surface area (Å²) in [5.74, 6) is -0.213. The molecule has 1 aromatic rings. The van der Waals surface area contributed by atoms with Gasteiger partial charge in [0.05, 0.1) is 11.8 Å². The number of aliphatic hydroxyl groups excluding tert-OH is 1. The monoisotopic (exact) mass is 278 g/mol. The van der Waals surface area contributed by atoms with Crippen LogP contribution >= 0.6 is 0 Å². The Morgan fingerprint density at radius 1 is 1.25 bits per heavy atom. The Labute approximate surface area is 120 Å². The van der Waals surface area contributed by atoms with Crippen molar-refractivity contribution in [3.63, 3.8) is 0 Å². The topological polar surface area (TPSA) is 26.7 Å². The van der Waals surface area contributed by atoms with Crippen LogP contribution in [0, 0.1) is 5.82 Å². The molecule has 4 heteroatoms. The molecule has 2 heterocycles. The summed E-state index contributed by atoms with van der Waals surface area (Å²) in [7, 11) is 0. The van der Waals surface area contributed by atoms with Crippen LogP contribution in [0.2, 0.25) is 0 Å². The van der Waals surface area contributed by atoms with Gasteiger partial charge in [-0.2, -0.15) is 0 Å². The molecule has 0 amide bonds. The van der Waals surface area contributed by atoms with Gasteiger partial charge in [0, 0.05) is 25.7 Å². The van der Waals surface area contributed by atoms with Crippen molar-refractivity contribution in [1.29, 1.82) is 0 Å². The van der Waals surface area contributed by atoms with Crippen molar-refractivity contribution in [1.82, 2.24) is 4.90 Å². The van der Waals surface area contributed by atoms with Gasteiger partial charge in [0.25, 0.3) is 0 Å². The molecule has 1 N–H and O–H groups in total. The van der Waals surface area contributed by atoms with E-state index in [1.165, 1.54) is 25.5 Å².